The number of aromatic amines is 2. The van der Waals surface area contributed by atoms with Crippen molar-refractivity contribution in [2.75, 3.05) is 23.3 Å². The summed E-state index contributed by atoms with van der Waals surface area (Å²) in [5.74, 6) is -0.0340. The molecule has 9 nitrogen and oxygen atoms in total. The van der Waals surface area contributed by atoms with Crippen LogP contribution in [-0.4, -0.2) is 49.1 Å². The maximum absolute atomic E-state index is 12.4. The van der Waals surface area contributed by atoms with E-state index >= 15 is 0 Å². The van der Waals surface area contributed by atoms with Crippen molar-refractivity contribution in [2.24, 2.45) is 5.41 Å². The van der Waals surface area contributed by atoms with Gasteiger partial charge in [-0.25, -0.2) is 4.98 Å². The molecule has 0 radical (unpaired) electrons. The van der Waals surface area contributed by atoms with Crippen LogP contribution in [-0.2, 0) is 4.79 Å². The first kappa shape index (κ1) is 24.1. The van der Waals surface area contributed by atoms with Gasteiger partial charge in [0.25, 0.3) is 0 Å². The summed E-state index contributed by atoms with van der Waals surface area (Å²) in [6.07, 6.45) is 11.2. The zero-order valence-corrected chi connectivity index (χ0v) is 22.0. The smallest absolute Gasteiger partial charge is 0.224 e. The van der Waals surface area contributed by atoms with Crippen LogP contribution in [0, 0.1) is 5.41 Å². The van der Waals surface area contributed by atoms with Gasteiger partial charge in [0.05, 0.1) is 35.0 Å². The molecule has 1 saturated heterocycles. The second-order valence-electron chi connectivity index (χ2n) is 11.3. The molecular formula is C29H32N8O. The van der Waals surface area contributed by atoms with Gasteiger partial charge in [-0.15, -0.1) is 0 Å². The van der Waals surface area contributed by atoms with E-state index in [1.807, 2.05) is 39.1 Å². The summed E-state index contributed by atoms with van der Waals surface area (Å²) in [6, 6.07) is 8.17. The minimum Gasteiger partial charge on any atom is -0.371 e. The lowest BCUT2D eigenvalue weighted by atomic mass is 9.92. The zero-order chi connectivity index (χ0) is 26.3. The molecule has 5 aromatic heterocycles. The summed E-state index contributed by atoms with van der Waals surface area (Å²) in [5, 5.41) is 12.7. The third-order valence-electron chi connectivity index (χ3n) is 6.92. The standard InChI is InChI=1S/C29H32N8O/c1-29(2,3)14-26(38)33-19-11-18(15-30-16-19)22-12-20-24(17-32-22)35-36-27(20)23-13-21-25(7-8-31-28(21)34-23)37-9-5-4-6-10-37/h7-8,11-13,15-17H,4-6,9-10,14H2,1-3H3,(H,31,34)(H,33,38)(H,35,36). The van der Waals surface area contributed by atoms with Crippen molar-refractivity contribution in [3.63, 3.8) is 0 Å². The second kappa shape index (κ2) is 9.55. The monoisotopic (exact) mass is 508 g/mol. The Morgan fingerprint density at radius 3 is 2.68 bits per heavy atom. The van der Waals surface area contributed by atoms with Gasteiger partial charge in [0.2, 0.25) is 5.91 Å². The van der Waals surface area contributed by atoms with E-state index in [9.17, 15) is 4.79 Å². The maximum atomic E-state index is 12.4. The number of amides is 1. The molecule has 6 rings (SSSR count). The van der Waals surface area contributed by atoms with Crippen molar-refractivity contribution in [1.29, 1.82) is 0 Å². The summed E-state index contributed by atoms with van der Waals surface area (Å²) in [6.45, 7) is 8.27. The van der Waals surface area contributed by atoms with E-state index in [-0.39, 0.29) is 11.3 Å². The average molecular weight is 509 g/mol. The number of pyridine rings is 3. The van der Waals surface area contributed by atoms with E-state index in [1.54, 1.807) is 18.6 Å². The molecule has 0 unspecified atom stereocenters. The average Bonchev–Trinajstić information content (AvgIpc) is 3.51. The van der Waals surface area contributed by atoms with E-state index in [2.05, 4.69) is 52.5 Å². The first-order valence-electron chi connectivity index (χ1n) is 13.2. The summed E-state index contributed by atoms with van der Waals surface area (Å²) < 4.78 is 0. The van der Waals surface area contributed by atoms with Gasteiger partial charge in [-0.1, -0.05) is 20.8 Å². The lowest BCUT2D eigenvalue weighted by Crippen LogP contribution is -2.29. The van der Waals surface area contributed by atoms with E-state index in [0.29, 0.717) is 12.1 Å². The molecule has 0 aromatic carbocycles. The minimum atomic E-state index is -0.0912. The van der Waals surface area contributed by atoms with Gasteiger partial charge >= 0.3 is 0 Å². The molecule has 3 N–H and O–H groups in total. The van der Waals surface area contributed by atoms with Gasteiger partial charge in [-0.05, 0) is 48.9 Å². The summed E-state index contributed by atoms with van der Waals surface area (Å²) in [7, 11) is 0. The lowest BCUT2D eigenvalue weighted by molar-refractivity contribution is -0.117. The van der Waals surface area contributed by atoms with Gasteiger partial charge in [0, 0.05) is 53.9 Å². The molecule has 9 heteroatoms. The number of fused-ring (bicyclic) bond motifs is 2. The number of carbonyl (C=O) groups is 1. The predicted octanol–water partition coefficient (Wildman–Crippen LogP) is 5.93. The van der Waals surface area contributed by atoms with E-state index in [0.717, 1.165) is 57.7 Å². The molecule has 6 heterocycles. The number of aromatic nitrogens is 6. The SMILES string of the molecule is CC(C)(C)CC(=O)Nc1cncc(-c2cc3c(-c4cc5c(N6CCCCC6)ccnc5[nH]4)n[nH]c3cn2)c1. The van der Waals surface area contributed by atoms with Crippen molar-refractivity contribution < 1.29 is 4.79 Å². The fraction of sp³-hybridized carbons (Fsp3) is 0.345. The Balaban J connectivity index is 1.33. The number of nitrogens with one attached hydrogen (secondary N) is 3. The largest absolute Gasteiger partial charge is 0.371 e. The number of anilines is 2. The number of hydrogen-bond acceptors (Lipinski definition) is 6. The van der Waals surface area contributed by atoms with Gasteiger partial charge in [0.15, 0.2) is 0 Å². The molecular weight excluding hydrogens is 476 g/mol. The Kier molecular flexibility index (Phi) is 6.06. The first-order valence-corrected chi connectivity index (χ1v) is 13.2. The topological polar surface area (TPSA) is 115 Å². The summed E-state index contributed by atoms with van der Waals surface area (Å²) in [4.78, 5) is 31.9. The molecule has 0 aliphatic carbocycles. The Morgan fingerprint density at radius 1 is 1.03 bits per heavy atom. The fourth-order valence-corrected chi connectivity index (χ4v) is 5.17. The Hall–Kier alpha value is -4.27. The molecule has 0 saturated carbocycles. The van der Waals surface area contributed by atoms with Crippen LogP contribution in [0.25, 0.3) is 44.6 Å². The van der Waals surface area contributed by atoms with Gasteiger partial charge < -0.3 is 15.2 Å². The predicted molar refractivity (Wildman–Crippen MR) is 151 cm³/mol. The number of hydrogen-bond donors (Lipinski definition) is 3. The van der Waals surface area contributed by atoms with Crippen LogP contribution in [0.4, 0.5) is 11.4 Å². The second-order valence-corrected chi connectivity index (χ2v) is 11.3. The highest BCUT2D eigenvalue weighted by Gasteiger charge is 2.19. The molecule has 1 aliphatic rings. The molecule has 38 heavy (non-hydrogen) atoms. The number of nitrogens with zero attached hydrogens (tertiary/aromatic N) is 5. The van der Waals surface area contributed by atoms with E-state index in [4.69, 9.17) is 0 Å². The van der Waals surface area contributed by atoms with Gasteiger partial charge in [0.1, 0.15) is 11.3 Å². The van der Waals surface area contributed by atoms with E-state index < -0.39 is 0 Å². The van der Waals surface area contributed by atoms with Crippen molar-refractivity contribution in [3.05, 3.63) is 49.1 Å². The number of H-pyrrole nitrogens is 2. The van der Waals surface area contributed by atoms with Crippen molar-refractivity contribution in [1.82, 2.24) is 30.1 Å². The van der Waals surface area contributed by atoms with Crippen LogP contribution in [0.1, 0.15) is 46.5 Å². The molecule has 0 spiro atoms. The van der Waals surface area contributed by atoms with Gasteiger partial charge in [-0.3, -0.25) is 19.9 Å². The van der Waals surface area contributed by atoms with Crippen molar-refractivity contribution >= 4 is 39.2 Å². The van der Waals surface area contributed by atoms with Crippen LogP contribution < -0.4 is 10.2 Å². The molecule has 1 amide bonds. The minimum absolute atomic E-state index is 0.0340. The molecule has 1 aliphatic heterocycles. The van der Waals surface area contributed by atoms with E-state index in [1.165, 1.54) is 24.9 Å². The van der Waals surface area contributed by atoms with Crippen LogP contribution >= 0.6 is 0 Å². The lowest BCUT2D eigenvalue weighted by Gasteiger charge is -2.29. The van der Waals surface area contributed by atoms with Crippen LogP contribution in [0.3, 0.4) is 0 Å². The highest BCUT2D eigenvalue weighted by atomic mass is 16.1. The highest BCUT2D eigenvalue weighted by Crippen LogP contribution is 2.34. The van der Waals surface area contributed by atoms with Gasteiger partial charge in [-0.2, -0.15) is 5.10 Å². The number of piperidine rings is 1. The maximum Gasteiger partial charge on any atom is 0.224 e. The Morgan fingerprint density at radius 2 is 1.87 bits per heavy atom. The molecule has 0 atom stereocenters. The summed E-state index contributed by atoms with van der Waals surface area (Å²) in [5.41, 5.74) is 6.77. The molecule has 0 bridgehead atoms. The van der Waals surface area contributed by atoms with Crippen LogP contribution in [0.15, 0.2) is 49.1 Å². The Bertz CT molecular complexity index is 1620. The van der Waals surface area contributed by atoms with Crippen molar-refractivity contribution in [2.45, 2.75) is 46.5 Å². The third-order valence-corrected chi connectivity index (χ3v) is 6.92. The zero-order valence-electron chi connectivity index (χ0n) is 22.0. The normalized spacial score (nSPS) is 14.3. The summed E-state index contributed by atoms with van der Waals surface area (Å²) >= 11 is 0. The number of rotatable bonds is 5. The number of carbonyl (C=O) groups excluding carboxylic acids is 1. The first-order chi connectivity index (χ1) is 18.3. The fourth-order valence-electron chi connectivity index (χ4n) is 5.17. The highest BCUT2D eigenvalue weighted by molar-refractivity contribution is 5.99. The van der Waals surface area contributed by atoms with Crippen LogP contribution in [0.2, 0.25) is 0 Å². The van der Waals surface area contributed by atoms with Crippen molar-refractivity contribution in [3.8, 4) is 22.6 Å². The molecule has 194 valence electrons. The third kappa shape index (κ3) is 4.83. The Labute approximate surface area is 221 Å². The quantitative estimate of drug-likeness (QED) is 0.271. The van der Waals surface area contributed by atoms with Crippen LogP contribution in [0.5, 0.6) is 0 Å². The molecule has 5 aromatic rings. The molecule has 1 fully saturated rings.